The van der Waals surface area contributed by atoms with Crippen molar-refractivity contribution in [2.75, 3.05) is 13.1 Å². The summed E-state index contributed by atoms with van der Waals surface area (Å²) in [5.74, 6) is -0.265. The number of piperidine rings is 1. The number of ether oxygens (including phenoxy) is 1. The van der Waals surface area contributed by atoms with Crippen LogP contribution in [0.4, 0.5) is 9.18 Å². The predicted molar refractivity (Wildman–Crippen MR) is 110 cm³/mol. The lowest BCUT2D eigenvalue weighted by molar-refractivity contribution is 0.00578. The summed E-state index contributed by atoms with van der Waals surface area (Å²) in [7, 11) is -0.768. The summed E-state index contributed by atoms with van der Waals surface area (Å²) in [5, 5.41) is 0. The topological polar surface area (TPSA) is 60.9 Å². The number of rotatable bonds is 2. The van der Waals surface area contributed by atoms with E-state index in [9.17, 15) is 9.18 Å². The van der Waals surface area contributed by atoms with Gasteiger partial charge in [-0.25, -0.2) is 9.18 Å². The maximum atomic E-state index is 14.9. The fraction of sp³-hybridized carbons (Fsp3) is 0.714. The average Bonchev–Trinajstić information content (AvgIpc) is 2.81. The molecule has 1 amide bonds. The molecule has 2 aliphatic rings. The molecule has 0 N–H and O–H groups in total. The first-order valence-corrected chi connectivity index (χ1v) is 10.3. The van der Waals surface area contributed by atoms with Gasteiger partial charge in [-0.05, 0) is 67.4 Å². The number of carbonyl (C=O) groups is 1. The van der Waals surface area contributed by atoms with E-state index in [4.69, 9.17) is 14.0 Å². The van der Waals surface area contributed by atoms with Crippen LogP contribution in [0.2, 0.25) is 0 Å². The Morgan fingerprint density at radius 2 is 1.76 bits per heavy atom. The zero-order chi connectivity index (χ0) is 21.6. The van der Waals surface area contributed by atoms with Gasteiger partial charge in [0.05, 0.1) is 11.2 Å². The molecular formula is C21H32BFN2O4. The van der Waals surface area contributed by atoms with Crippen LogP contribution in [-0.4, -0.2) is 53.0 Å². The number of halogens is 1. The first kappa shape index (κ1) is 22.0. The number of hydrogen-bond donors (Lipinski definition) is 0. The molecule has 0 atom stereocenters. The van der Waals surface area contributed by atoms with Gasteiger partial charge >= 0.3 is 13.2 Å². The smallest absolute Gasteiger partial charge is 0.444 e. The molecule has 8 heteroatoms. The summed E-state index contributed by atoms with van der Waals surface area (Å²) in [6.07, 6.45) is 2.67. The largest absolute Gasteiger partial charge is 0.499 e. The van der Waals surface area contributed by atoms with Crippen molar-refractivity contribution in [2.45, 2.75) is 84.0 Å². The van der Waals surface area contributed by atoms with Crippen molar-refractivity contribution in [3.8, 4) is 0 Å². The molecule has 3 heterocycles. The van der Waals surface area contributed by atoms with Gasteiger partial charge in [-0.15, -0.1) is 0 Å². The van der Waals surface area contributed by atoms with Gasteiger partial charge in [0.1, 0.15) is 11.4 Å². The molecule has 0 saturated carbocycles. The summed E-state index contributed by atoms with van der Waals surface area (Å²) in [4.78, 5) is 18.4. The Morgan fingerprint density at radius 3 is 2.24 bits per heavy atom. The second-order valence-corrected chi connectivity index (χ2v) is 9.96. The van der Waals surface area contributed by atoms with Crippen molar-refractivity contribution >= 4 is 18.7 Å². The molecule has 2 fully saturated rings. The Labute approximate surface area is 173 Å². The highest BCUT2D eigenvalue weighted by Crippen LogP contribution is 2.37. The summed E-state index contributed by atoms with van der Waals surface area (Å²) in [5.41, 5.74) is -0.554. The van der Waals surface area contributed by atoms with Crippen LogP contribution in [0, 0.1) is 5.82 Å². The fourth-order valence-corrected chi connectivity index (χ4v) is 3.51. The van der Waals surface area contributed by atoms with E-state index in [0.29, 0.717) is 24.2 Å². The van der Waals surface area contributed by atoms with Crippen LogP contribution in [0.5, 0.6) is 0 Å². The second-order valence-electron chi connectivity index (χ2n) is 9.96. The maximum Gasteiger partial charge on any atom is 0.499 e. The lowest BCUT2D eigenvalue weighted by Crippen LogP contribution is -2.41. The number of amides is 1. The molecule has 0 unspecified atom stereocenters. The molecule has 2 aliphatic heterocycles. The van der Waals surface area contributed by atoms with E-state index < -0.39 is 23.9 Å². The van der Waals surface area contributed by atoms with Crippen molar-refractivity contribution < 1.29 is 23.2 Å². The number of carbonyl (C=O) groups excluding carboxylic acids is 1. The van der Waals surface area contributed by atoms with E-state index in [-0.39, 0.29) is 17.8 Å². The maximum absolute atomic E-state index is 14.9. The monoisotopic (exact) mass is 406 g/mol. The Balaban J connectivity index is 1.64. The quantitative estimate of drug-likeness (QED) is 0.702. The van der Waals surface area contributed by atoms with E-state index in [0.717, 1.165) is 12.8 Å². The molecular weight excluding hydrogens is 374 g/mol. The third kappa shape index (κ3) is 4.74. The molecule has 6 nitrogen and oxygen atoms in total. The van der Waals surface area contributed by atoms with Crippen LogP contribution in [-0.2, 0) is 14.0 Å². The van der Waals surface area contributed by atoms with Crippen molar-refractivity contribution in [3.05, 3.63) is 23.8 Å². The highest BCUT2D eigenvalue weighted by Gasteiger charge is 2.52. The van der Waals surface area contributed by atoms with Crippen molar-refractivity contribution in [2.24, 2.45) is 0 Å². The third-order valence-corrected chi connectivity index (χ3v) is 5.98. The van der Waals surface area contributed by atoms with Crippen LogP contribution in [0.15, 0.2) is 12.3 Å². The van der Waals surface area contributed by atoms with E-state index in [1.807, 2.05) is 48.5 Å². The van der Waals surface area contributed by atoms with Crippen LogP contribution in [0.25, 0.3) is 0 Å². The number of pyridine rings is 1. The molecule has 1 aromatic rings. The summed E-state index contributed by atoms with van der Waals surface area (Å²) < 4.78 is 32.2. The van der Waals surface area contributed by atoms with Crippen molar-refractivity contribution in [1.82, 2.24) is 9.88 Å². The van der Waals surface area contributed by atoms with Crippen LogP contribution in [0.3, 0.4) is 0 Å². The SMILES string of the molecule is CC(C)(C)OC(=O)N1CCC(c2cc(F)c(B3OC(C)(C)C(C)(C)O3)cn2)CC1. The second kappa shape index (κ2) is 7.54. The number of hydrogen-bond acceptors (Lipinski definition) is 5. The van der Waals surface area contributed by atoms with Gasteiger partial charge in [-0.1, -0.05) is 0 Å². The molecule has 0 aromatic carbocycles. The normalized spacial score (nSPS) is 22.1. The van der Waals surface area contributed by atoms with E-state index in [1.165, 1.54) is 12.3 Å². The Morgan fingerprint density at radius 1 is 1.21 bits per heavy atom. The van der Waals surface area contributed by atoms with Gasteiger partial charge < -0.3 is 18.9 Å². The molecule has 29 heavy (non-hydrogen) atoms. The summed E-state index contributed by atoms with van der Waals surface area (Å²) in [6, 6.07) is 1.48. The minimum atomic E-state index is -0.768. The first-order chi connectivity index (χ1) is 13.3. The highest BCUT2D eigenvalue weighted by molar-refractivity contribution is 6.62. The fourth-order valence-electron chi connectivity index (χ4n) is 3.51. The van der Waals surface area contributed by atoms with Gasteiger partial charge in [0, 0.05) is 36.4 Å². The van der Waals surface area contributed by atoms with E-state index in [1.54, 1.807) is 4.90 Å². The average molecular weight is 406 g/mol. The zero-order valence-electron chi connectivity index (χ0n) is 18.5. The minimum absolute atomic E-state index is 0.107. The molecule has 0 bridgehead atoms. The van der Waals surface area contributed by atoms with Gasteiger partial charge in [0.15, 0.2) is 0 Å². The standard InChI is InChI=1S/C21H32BFN2O4/c1-19(2,3)27-18(26)25-10-8-14(9-11-25)17-12-16(23)15(13-24-17)22-28-20(4,5)21(6,7)29-22/h12-14H,8-11H2,1-7H3. The molecule has 3 rings (SSSR count). The molecule has 1 aromatic heterocycles. The van der Waals surface area contributed by atoms with Gasteiger partial charge in [0.25, 0.3) is 0 Å². The molecule has 0 spiro atoms. The molecule has 0 aliphatic carbocycles. The van der Waals surface area contributed by atoms with E-state index in [2.05, 4.69) is 4.98 Å². The van der Waals surface area contributed by atoms with Gasteiger partial charge in [0.2, 0.25) is 0 Å². The molecule has 0 radical (unpaired) electrons. The highest BCUT2D eigenvalue weighted by atomic mass is 19.1. The van der Waals surface area contributed by atoms with Crippen molar-refractivity contribution in [1.29, 1.82) is 0 Å². The minimum Gasteiger partial charge on any atom is -0.444 e. The number of likely N-dealkylation sites (tertiary alicyclic amines) is 1. The van der Waals surface area contributed by atoms with Crippen LogP contribution in [0.1, 0.15) is 72.9 Å². The lowest BCUT2D eigenvalue weighted by Gasteiger charge is -2.33. The Kier molecular flexibility index (Phi) is 5.73. The van der Waals surface area contributed by atoms with Crippen LogP contribution >= 0.6 is 0 Å². The Hall–Kier alpha value is -1.67. The summed E-state index contributed by atoms with van der Waals surface area (Å²) >= 11 is 0. The first-order valence-electron chi connectivity index (χ1n) is 10.3. The molecule has 160 valence electrons. The lowest BCUT2D eigenvalue weighted by atomic mass is 9.79. The third-order valence-electron chi connectivity index (χ3n) is 5.98. The van der Waals surface area contributed by atoms with Gasteiger partial charge in [-0.2, -0.15) is 0 Å². The van der Waals surface area contributed by atoms with Gasteiger partial charge in [-0.3, -0.25) is 4.98 Å². The predicted octanol–water partition coefficient (Wildman–Crippen LogP) is 3.63. The van der Waals surface area contributed by atoms with Crippen molar-refractivity contribution in [3.63, 3.8) is 0 Å². The van der Waals surface area contributed by atoms with E-state index >= 15 is 0 Å². The van der Waals surface area contributed by atoms with Crippen LogP contribution < -0.4 is 5.46 Å². The summed E-state index contributed by atoms with van der Waals surface area (Å²) in [6.45, 7) is 14.4. The number of aromatic nitrogens is 1. The molecule has 2 saturated heterocycles. The Bertz CT molecular complexity index is 754. The zero-order valence-corrected chi connectivity index (χ0v) is 18.5. The number of nitrogens with zero attached hydrogens (tertiary/aromatic N) is 2.